The van der Waals surface area contributed by atoms with E-state index < -0.39 is 41.7 Å². The number of guanidine groups is 1. The normalized spacial score (nSPS) is 14.9. The number of piperazine rings is 1. The summed E-state index contributed by atoms with van der Waals surface area (Å²) in [5.74, 6) is -1.29. The number of aliphatic imine (C=N–C) groups is 1. The van der Waals surface area contributed by atoms with Crippen LogP contribution in [0.15, 0.2) is 40.1 Å². The summed E-state index contributed by atoms with van der Waals surface area (Å²) in [6, 6.07) is 6.03. The quantitative estimate of drug-likeness (QED) is 0.377. The standard InChI is InChI=1S/C20H18F6N6O3/c21-19(22,23)4-5-28-18(27)32-8-6-31(7-9-32)17(34)12-2-1-3-13(10-12)35-15-11-14(20(24,25)26)16(33)30-29-15/h1-3,5,10-11,27H,4,6-9H2,(H,30,33)/b27-18?,28-5-. The highest BCUT2D eigenvalue weighted by atomic mass is 19.4. The van der Waals surface area contributed by atoms with Gasteiger partial charge in [-0.15, -0.1) is 5.10 Å². The number of benzene rings is 1. The van der Waals surface area contributed by atoms with Crippen molar-refractivity contribution in [3.8, 4) is 11.6 Å². The minimum absolute atomic E-state index is 0.00272. The van der Waals surface area contributed by atoms with Crippen molar-refractivity contribution >= 4 is 18.1 Å². The Labute approximate surface area is 193 Å². The number of aromatic nitrogens is 2. The van der Waals surface area contributed by atoms with Gasteiger partial charge in [0.1, 0.15) is 11.3 Å². The Morgan fingerprint density at radius 2 is 1.77 bits per heavy atom. The number of H-pyrrole nitrogens is 1. The van der Waals surface area contributed by atoms with Gasteiger partial charge in [0, 0.05) is 44.0 Å². The summed E-state index contributed by atoms with van der Waals surface area (Å²) in [5, 5.41) is 12.9. The third-order valence-corrected chi connectivity index (χ3v) is 4.79. The number of rotatable bonds is 4. The van der Waals surface area contributed by atoms with Crippen molar-refractivity contribution < 1.29 is 35.9 Å². The van der Waals surface area contributed by atoms with Crippen molar-refractivity contribution in [2.24, 2.45) is 4.99 Å². The number of carbonyl (C=O) groups excluding carboxylic acids is 1. The minimum atomic E-state index is -4.91. The highest BCUT2D eigenvalue weighted by Gasteiger charge is 2.35. The van der Waals surface area contributed by atoms with E-state index in [1.165, 1.54) is 34.1 Å². The molecule has 1 aromatic heterocycles. The Bertz CT molecular complexity index is 1170. The van der Waals surface area contributed by atoms with Crippen LogP contribution in [0.25, 0.3) is 0 Å². The fraction of sp³-hybridized carbons (Fsp3) is 0.350. The molecule has 1 aliphatic heterocycles. The van der Waals surface area contributed by atoms with Crippen LogP contribution in [0.1, 0.15) is 22.3 Å². The summed E-state index contributed by atoms with van der Waals surface area (Å²) in [6.07, 6.45) is -9.96. The van der Waals surface area contributed by atoms with Crippen LogP contribution in [0.2, 0.25) is 0 Å². The molecule has 1 fully saturated rings. The average Bonchev–Trinajstić information content (AvgIpc) is 2.78. The summed E-state index contributed by atoms with van der Waals surface area (Å²) < 4.78 is 80.6. The lowest BCUT2D eigenvalue weighted by molar-refractivity contribution is -0.139. The van der Waals surface area contributed by atoms with E-state index >= 15 is 0 Å². The third-order valence-electron chi connectivity index (χ3n) is 4.79. The van der Waals surface area contributed by atoms with Gasteiger partial charge >= 0.3 is 12.4 Å². The van der Waals surface area contributed by atoms with E-state index in [9.17, 15) is 35.9 Å². The maximum absolute atomic E-state index is 12.9. The number of nitrogens with one attached hydrogen (secondary N) is 2. The van der Waals surface area contributed by atoms with Crippen LogP contribution < -0.4 is 10.3 Å². The maximum Gasteiger partial charge on any atom is 0.421 e. The number of amides is 1. The van der Waals surface area contributed by atoms with Gasteiger partial charge in [-0.3, -0.25) is 15.0 Å². The van der Waals surface area contributed by atoms with E-state index in [0.29, 0.717) is 12.3 Å². The number of aromatic amines is 1. The van der Waals surface area contributed by atoms with Gasteiger partial charge in [0.25, 0.3) is 11.5 Å². The zero-order valence-electron chi connectivity index (χ0n) is 17.8. The second-order valence-corrected chi connectivity index (χ2v) is 7.31. The van der Waals surface area contributed by atoms with Crippen molar-refractivity contribution in [3.05, 3.63) is 51.8 Å². The molecule has 0 spiro atoms. The Balaban J connectivity index is 1.62. The highest BCUT2D eigenvalue weighted by Crippen LogP contribution is 2.29. The van der Waals surface area contributed by atoms with E-state index in [1.54, 1.807) is 5.10 Å². The summed E-state index contributed by atoms with van der Waals surface area (Å²) in [5.41, 5.74) is -2.75. The molecule has 35 heavy (non-hydrogen) atoms. The van der Waals surface area contributed by atoms with Crippen LogP contribution in [0, 0.1) is 5.41 Å². The predicted molar refractivity (Wildman–Crippen MR) is 111 cm³/mol. The average molecular weight is 504 g/mol. The fourth-order valence-electron chi connectivity index (χ4n) is 3.08. The van der Waals surface area contributed by atoms with E-state index in [4.69, 9.17) is 10.1 Å². The molecular weight excluding hydrogens is 486 g/mol. The van der Waals surface area contributed by atoms with Gasteiger partial charge in [0.15, 0.2) is 0 Å². The smallest absolute Gasteiger partial charge is 0.421 e. The monoisotopic (exact) mass is 504 g/mol. The van der Waals surface area contributed by atoms with Crippen molar-refractivity contribution in [2.45, 2.75) is 18.8 Å². The summed E-state index contributed by atoms with van der Waals surface area (Å²) in [4.78, 5) is 30.5. The molecule has 15 heteroatoms. The number of carbonyl (C=O) groups is 1. The molecule has 0 saturated carbocycles. The van der Waals surface area contributed by atoms with Gasteiger partial charge in [-0.25, -0.2) is 10.1 Å². The van der Waals surface area contributed by atoms with Crippen molar-refractivity contribution in [1.82, 2.24) is 20.0 Å². The van der Waals surface area contributed by atoms with Crippen LogP contribution in [0.4, 0.5) is 26.3 Å². The minimum Gasteiger partial charge on any atom is -0.438 e. The number of hydrogen-bond acceptors (Lipinski definition) is 5. The van der Waals surface area contributed by atoms with E-state index in [2.05, 4.69) is 10.1 Å². The van der Waals surface area contributed by atoms with Crippen LogP contribution in [-0.2, 0) is 6.18 Å². The molecule has 0 aliphatic carbocycles. The molecule has 0 radical (unpaired) electrons. The molecule has 1 saturated heterocycles. The lowest BCUT2D eigenvalue weighted by Gasteiger charge is -2.34. The first-order valence-corrected chi connectivity index (χ1v) is 10.0. The highest BCUT2D eigenvalue weighted by molar-refractivity contribution is 5.95. The van der Waals surface area contributed by atoms with Crippen molar-refractivity contribution in [3.63, 3.8) is 0 Å². The molecule has 2 N–H and O–H groups in total. The molecule has 0 atom stereocenters. The molecule has 1 aliphatic rings. The van der Waals surface area contributed by atoms with Gasteiger partial charge in [-0.05, 0) is 18.2 Å². The lowest BCUT2D eigenvalue weighted by atomic mass is 10.1. The fourth-order valence-corrected chi connectivity index (χ4v) is 3.08. The van der Waals surface area contributed by atoms with E-state index in [-0.39, 0.29) is 43.5 Å². The largest absolute Gasteiger partial charge is 0.438 e. The predicted octanol–water partition coefficient (Wildman–Crippen LogP) is 3.30. The second-order valence-electron chi connectivity index (χ2n) is 7.31. The van der Waals surface area contributed by atoms with Crippen LogP contribution in [0.5, 0.6) is 11.6 Å². The SMILES string of the molecule is N=C(/N=C\CC(F)(F)F)N1CCN(C(=O)c2cccc(Oc3cc(C(F)(F)F)c(=O)[nH]n3)c2)CC1. The Morgan fingerprint density at radius 3 is 2.40 bits per heavy atom. The van der Waals surface area contributed by atoms with Crippen LogP contribution in [-0.4, -0.2) is 70.4 Å². The molecule has 9 nitrogen and oxygen atoms in total. The summed E-state index contributed by atoms with van der Waals surface area (Å²) in [6.45, 7) is 0.673. The molecule has 1 amide bonds. The summed E-state index contributed by atoms with van der Waals surface area (Å²) >= 11 is 0. The van der Waals surface area contributed by atoms with Gasteiger partial charge < -0.3 is 14.5 Å². The van der Waals surface area contributed by atoms with Gasteiger partial charge in [0.2, 0.25) is 11.8 Å². The van der Waals surface area contributed by atoms with E-state index in [0.717, 1.165) is 0 Å². The molecule has 0 bridgehead atoms. The first-order valence-electron chi connectivity index (χ1n) is 10.0. The van der Waals surface area contributed by atoms with Gasteiger partial charge in [-0.1, -0.05) is 6.07 Å². The van der Waals surface area contributed by atoms with Crippen LogP contribution in [0.3, 0.4) is 0 Å². The number of halogens is 6. The molecule has 0 unspecified atom stereocenters. The first kappa shape index (κ1) is 25.7. The number of ether oxygens (including phenoxy) is 1. The molecule has 188 valence electrons. The molecule has 2 heterocycles. The molecule has 1 aromatic carbocycles. The zero-order valence-corrected chi connectivity index (χ0v) is 17.8. The Morgan fingerprint density at radius 1 is 1.11 bits per heavy atom. The molecular formula is C20H18F6N6O3. The zero-order chi connectivity index (χ0) is 25.8. The van der Waals surface area contributed by atoms with Crippen molar-refractivity contribution in [2.75, 3.05) is 26.2 Å². The summed E-state index contributed by atoms with van der Waals surface area (Å²) in [7, 11) is 0. The number of nitrogens with zero attached hydrogens (tertiary/aromatic N) is 4. The van der Waals surface area contributed by atoms with Crippen LogP contribution >= 0.6 is 0 Å². The molecule has 2 aromatic rings. The first-order chi connectivity index (χ1) is 16.3. The topological polar surface area (TPSA) is 115 Å². The Hall–Kier alpha value is -3.91. The van der Waals surface area contributed by atoms with Gasteiger partial charge in [0.05, 0.1) is 6.42 Å². The number of alkyl halides is 6. The number of hydrogen-bond donors (Lipinski definition) is 2. The van der Waals surface area contributed by atoms with Crippen molar-refractivity contribution in [1.29, 1.82) is 5.41 Å². The van der Waals surface area contributed by atoms with Gasteiger partial charge in [-0.2, -0.15) is 26.3 Å². The Kier molecular flexibility index (Phi) is 7.45. The lowest BCUT2D eigenvalue weighted by Crippen LogP contribution is -2.50. The maximum atomic E-state index is 12.9. The van der Waals surface area contributed by atoms with E-state index in [1.807, 2.05) is 0 Å². The molecule has 3 rings (SSSR count). The third kappa shape index (κ3) is 7.04. The second kappa shape index (κ2) is 10.1.